The Morgan fingerprint density at radius 3 is 2.63 bits per heavy atom. The number of nitrogens with one attached hydrogen (secondary N) is 1. The zero-order valence-electron chi connectivity index (χ0n) is 21.7. The van der Waals surface area contributed by atoms with Gasteiger partial charge in [0.1, 0.15) is 29.7 Å². The van der Waals surface area contributed by atoms with Crippen molar-refractivity contribution in [3.05, 3.63) is 72.1 Å². The molecule has 35 heavy (non-hydrogen) atoms. The van der Waals surface area contributed by atoms with Crippen LogP contribution in [0.1, 0.15) is 65.2 Å². The topological polar surface area (TPSA) is 71.8 Å². The van der Waals surface area contributed by atoms with Crippen molar-refractivity contribution in [1.29, 1.82) is 0 Å². The van der Waals surface area contributed by atoms with Gasteiger partial charge in [-0.05, 0) is 61.1 Å². The van der Waals surface area contributed by atoms with Gasteiger partial charge >= 0.3 is 0 Å². The van der Waals surface area contributed by atoms with Crippen molar-refractivity contribution >= 4 is 22.4 Å². The molecule has 0 bridgehead atoms. The zero-order valence-corrected chi connectivity index (χ0v) is 20.7. The first-order valence-corrected chi connectivity index (χ1v) is 12.1. The molecule has 5 rings (SSSR count). The standard InChI is InChI=1S/C27H32FN7/c1-5-34(21-12-13-23-22(14-21)26(31-17-30-23)29-16-27(2,3)4)25(18-6-8-19(28)9-7-18)24-15-35(33-32-24)20-10-11-20/h6-9,12-15,17,20,25H,5,10-11,16H2,1-4H3,(H,29,30,31)/i25D. The van der Waals surface area contributed by atoms with Crippen LogP contribution in [0, 0.1) is 11.2 Å². The third-order valence-corrected chi connectivity index (χ3v) is 6.09. The molecule has 1 aliphatic carbocycles. The normalized spacial score (nSPS) is 16.1. The van der Waals surface area contributed by atoms with Crippen LogP contribution in [0.25, 0.3) is 10.9 Å². The number of hydrogen-bond acceptors (Lipinski definition) is 6. The molecule has 4 aromatic rings. The molecule has 0 saturated heterocycles. The van der Waals surface area contributed by atoms with Gasteiger partial charge in [0.15, 0.2) is 0 Å². The van der Waals surface area contributed by atoms with Gasteiger partial charge in [-0.1, -0.05) is 38.1 Å². The Bertz CT molecular complexity index is 1360. The minimum Gasteiger partial charge on any atom is -0.369 e. The lowest BCUT2D eigenvalue weighted by Crippen LogP contribution is -2.29. The largest absolute Gasteiger partial charge is 0.369 e. The summed E-state index contributed by atoms with van der Waals surface area (Å²) >= 11 is 0. The lowest BCUT2D eigenvalue weighted by atomic mass is 9.97. The van der Waals surface area contributed by atoms with Crippen molar-refractivity contribution in [3.63, 3.8) is 0 Å². The lowest BCUT2D eigenvalue weighted by Gasteiger charge is -2.32. The van der Waals surface area contributed by atoms with Crippen LogP contribution < -0.4 is 10.2 Å². The van der Waals surface area contributed by atoms with Gasteiger partial charge in [0.2, 0.25) is 0 Å². The van der Waals surface area contributed by atoms with Crippen LogP contribution in [0.3, 0.4) is 0 Å². The average Bonchev–Trinajstić information content (AvgIpc) is 3.58. The van der Waals surface area contributed by atoms with E-state index in [4.69, 9.17) is 0 Å². The third-order valence-electron chi connectivity index (χ3n) is 6.09. The van der Waals surface area contributed by atoms with Crippen molar-refractivity contribution < 1.29 is 5.76 Å². The second-order valence-electron chi connectivity index (χ2n) is 10.3. The Hall–Kier alpha value is -3.55. The van der Waals surface area contributed by atoms with Gasteiger partial charge < -0.3 is 10.2 Å². The molecule has 1 atom stereocenters. The fraction of sp³-hybridized carbons (Fsp3) is 0.407. The molecule has 1 unspecified atom stereocenters. The molecule has 182 valence electrons. The third kappa shape index (κ3) is 5.11. The molecule has 2 heterocycles. The molecule has 0 amide bonds. The first-order valence-electron chi connectivity index (χ1n) is 12.6. The zero-order chi connectivity index (χ0) is 25.5. The molecular formula is C27H32FN7. The van der Waals surface area contributed by atoms with E-state index in [2.05, 4.69) is 46.4 Å². The predicted octanol–water partition coefficient (Wildman–Crippen LogP) is 5.77. The molecule has 1 saturated carbocycles. The lowest BCUT2D eigenvalue weighted by molar-refractivity contribution is 0.442. The summed E-state index contributed by atoms with van der Waals surface area (Å²) in [6.45, 7) is 9.77. The summed E-state index contributed by atoms with van der Waals surface area (Å²) < 4.78 is 25.5. The van der Waals surface area contributed by atoms with Crippen LogP contribution >= 0.6 is 0 Å². The number of halogens is 1. The number of rotatable bonds is 8. The SMILES string of the molecule is [2H]C(c1ccc(F)cc1)(c1cn(C2CC2)nn1)N(CC)c1ccc2ncnc(NCC(C)(C)C)c2c1. The fourth-order valence-corrected chi connectivity index (χ4v) is 4.12. The second kappa shape index (κ2) is 9.24. The number of benzene rings is 2. The van der Waals surface area contributed by atoms with Crippen molar-refractivity contribution in [2.75, 3.05) is 23.3 Å². The smallest absolute Gasteiger partial charge is 0.137 e. The quantitative estimate of drug-likeness (QED) is 0.350. The highest BCUT2D eigenvalue weighted by Crippen LogP contribution is 2.37. The molecule has 0 radical (unpaired) electrons. The van der Waals surface area contributed by atoms with Crippen LogP contribution in [-0.2, 0) is 0 Å². The van der Waals surface area contributed by atoms with E-state index >= 15 is 0 Å². The molecule has 2 aromatic carbocycles. The maximum atomic E-state index is 13.8. The molecule has 0 spiro atoms. The maximum Gasteiger partial charge on any atom is 0.137 e. The monoisotopic (exact) mass is 474 g/mol. The number of anilines is 2. The predicted molar refractivity (Wildman–Crippen MR) is 137 cm³/mol. The fourth-order valence-electron chi connectivity index (χ4n) is 4.12. The Balaban J connectivity index is 1.62. The van der Waals surface area contributed by atoms with Crippen molar-refractivity contribution in [2.24, 2.45) is 5.41 Å². The second-order valence-corrected chi connectivity index (χ2v) is 10.3. The number of hydrogen-bond donors (Lipinski definition) is 1. The van der Waals surface area contributed by atoms with Gasteiger partial charge in [-0.25, -0.2) is 19.0 Å². The van der Waals surface area contributed by atoms with Gasteiger partial charge in [-0.3, -0.25) is 0 Å². The summed E-state index contributed by atoms with van der Waals surface area (Å²) in [5.74, 6) is 0.410. The minimum atomic E-state index is -1.42. The van der Waals surface area contributed by atoms with Gasteiger partial charge in [-0.15, -0.1) is 5.10 Å². The van der Waals surface area contributed by atoms with E-state index in [9.17, 15) is 5.76 Å². The van der Waals surface area contributed by atoms with E-state index in [0.717, 1.165) is 41.8 Å². The van der Waals surface area contributed by atoms with Crippen LogP contribution in [0.15, 0.2) is 55.0 Å². The van der Waals surface area contributed by atoms with Gasteiger partial charge in [0, 0.05) is 24.2 Å². The molecule has 7 nitrogen and oxygen atoms in total. The van der Waals surface area contributed by atoms with Crippen LogP contribution in [-0.4, -0.2) is 38.1 Å². The Morgan fingerprint density at radius 1 is 1.17 bits per heavy atom. The number of aromatic nitrogens is 5. The van der Waals surface area contributed by atoms with E-state index in [-0.39, 0.29) is 11.2 Å². The Kier molecular flexibility index (Phi) is 5.80. The molecule has 1 fully saturated rings. The van der Waals surface area contributed by atoms with E-state index < -0.39 is 6.02 Å². The van der Waals surface area contributed by atoms with E-state index in [1.165, 1.54) is 12.1 Å². The molecule has 0 aliphatic heterocycles. The number of fused-ring (bicyclic) bond motifs is 1. The highest BCUT2D eigenvalue weighted by molar-refractivity contribution is 5.91. The summed E-state index contributed by atoms with van der Waals surface area (Å²) in [6.07, 6.45) is 5.55. The molecular weight excluding hydrogens is 441 g/mol. The van der Waals surface area contributed by atoms with E-state index in [0.29, 0.717) is 23.8 Å². The van der Waals surface area contributed by atoms with Crippen LogP contribution in [0.5, 0.6) is 0 Å². The average molecular weight is 475 g/mol. The summed E-state index contributed by atoms with van der Waals surface area (Å²) in [7, 11) is 0. The summed E-state index contributed by atoms with van der Waals surface area (Å²) in [5.41, 5.74) is 2.83. The van der Waals surface area contributed by atoms with E-state index in [1.807, 2.05) is 40.9 Å². The van der Waals surface area contributed by atoms with Crippen molar-refractivity contribution in [2.45, 2.75) is 52.6 Å². The maximum absolute atomic E-state index is 13.8. The summed E-state index contributed by atoms with van der Waals surface area (Å²) in [6, 6.07) is 10.9. The van der Waals surface area contributed by atoms with Crippen LogP contribution in [0.2, 0.25) is 0 Å². The first kappa shape index (κ1) is 21.9. The van der Waals surface area contributed by atoms with Crippen LogP contribution in [0.4, 0.5) is 15.9 Å². The van der Waals surface area contributed by atoms with Crippen molar-refractivity contribution in [3.8, 4) is 0 Å². The van der Waals surface area contributed by atoms with Gasteiger partial charge in [-0.2, -0.15) is 0 Å². The summed E-state index contributed by atoms with van der Waals surface area (Å²) in [5, 5.41) is 13.1. The molecule has 2 aromatic heterocycles. The first-order chi connectivity index (χ1) is 17.2. The molecule has 1 aliphatic rings. The minimum absolute atomic E-state index is 0.0800. The van der Waals surface area contributed by atoms with Crippen molar-refractivity contribution in [1.82, 2.24) is 25.0 Å². The highest BCUT2D eigenvalue weighted by atomic mass is 19.1. The van der Waals surface area contributed by atoms with Gasteiger partial charge in [0.25, 0.3) is 0 Å². The van der Waals surface area contributed by atoms with E-state index in [1.54, 1.807) is 18.5 Å². The molecule has 8 heteroatoms. The highest BCUT2D eigenvalue weighted by Gasteiger charge is 2.29. The Morgan fingerprint density at radius 2 is 1.94 bits per heavy atom. The number of nitrogens with zero attached hydrogens (tertiary/aromatic N) is 6. The summed E-state index contributed by atoms with van der Waals surface area (Å²) in [4.78, 5) is 10.9. The Labute approximate surface area is 206 Å². The van der Waals surface area contributed by atoms with Gasteiger partial charge in [0.05, 0.1) is 19.1 Å². The molecule has 1 N–H and O–H groups in total.